The molecule has 1 aromatic rings. The summed E-state index contributed by atoms with van der Waals surface area (Å²) in [6.07, 6.45) is 3.39. The summed E-state index contributed by atoms with van der Waals surface area (Å²) in [7, 11) is 0. The van der Waals surface area contributed by atoms with Crippen LogP contribution >= 0.6 is 0 Å². The Morgan fingerprint density at radius 3 is 2.87 bits per heavy atom. The van der Waals surface area contributed by atoms with Crippen LogP contribution in [0.4, 0.5) is 4.79 Å². The number of nitrogens with zero attached hydrogens (tertiary/aromatic N) is 2. The Hall–Kier alpha value is -2.12. The number of pyridine rings is 1. The Kier molecular flexibility index (Phi) is 3.77. The number of hydroxylamine groups is 1. The van der Waals surface area contributed by atoms with Crippen molar-refractivity contribution in [2.24, 2.45) is 0 Å². The summed E-state index contributed by atoms with van der Waals surface area (Å²) in [5, 5.41) is 10.7. The van der Waals surface area contributed by atoms with Crippen LogP contribution in [0, 0.1) is 0 Å². The highest BCUT2D eigenvalue weighted by Crippen LogP contribution is 2.35. The third kappa shape index (κ3) is 3.16. The molecule has 2 aliphatic rings. The standard InChI is InChI=1S/C16H21N3O4/c1-15(2,3)22-14(20)19-9-7-13(19)16(21)10-12(18-23-16)11-6-4-5-8-17-11/h4-6,8,10,13,18,21H,7,9H2,1-3H3. The number of aliphatic hydroxyl groups is 1. The molecular formula is C16H21N3O4. The topological polar surface area (TPSA) is 83.9 Å². The minimum absolute atomic E-state index is 0.453. The molecule has 23 heavy (non-hydrogen) atoms. The zero-order valence-electron chi connectivity index (χ0n) is 13.4. The third-order valence-corrected chi connectivity index (χ3v) is 3.74. The number of likely N-dealkylation sites (tertiary alicyclic amines) is 1. The van der Waals surface area contributed by atoms with Crippen molar-refractivity contribution in [1.29, 1.82) is 0 Å². The zero-order chi connectivity index (χ0) is 16.7. The molecule has 0 bridgehead atoms. The highest BCUT2D eigenvalue weighted by atomic mass is 16.7. The Morgan fingerprint density at radius 1 is 1.52 bits per heavy atom. The maximum Gasteiger partial charge on any atom is 0.410 e. The van der Waals surface area contributed by atoms with E-state index in [1.165, 1.54) is 4.90 Å². The molecule has 0 aliphatic carbocycles. The van der Waals surface area contributed by atoms with Crippen LogP contribution in [0.1, 0.15) is 32.9 Å². The van der Waals surface area contributed by atoms with Crippen molar-refractivity contribution < 1.29 is 19.5 Å². The number of carbonyl (C=O) groups is 1. The van der Waals surface area contributed by atoms with E-state index in [2.05, 4.69) is 10.5 Å². The molecule has 124 valence electrons. The van der Waals surface area contributed by atoms with E-state index < -0.39 is 23.5 Å². The first-order valence-electron chi connectivity index (χ1n) is 7.59. The van der Waals surface area contributed by atoms with Gasteiger partial charge in [0.1, 0.15) is 5.60 Å². The van der Waals surface area contributed by atoms with Crippen molar-refractivity contribution in [3.05, 3.63) is 36.2 Å². The molecule has 2 atom stereocenters. The van der Waals surface area contributed by atoms with Crippen LogP contribution in [0.2, 0.25) is 0 Å². The minimum atomic E-state index is -1.60. The molecule has 3 heterocycles. The number of ether oxygens (including phenoxy) is 1. The quantitative estimate of drug-likeness (QED) is 0.862. The first kappa shape index (κ1) is 15.8. The van der Waals surface area contributed by atoms with Crippen LogP contribution in [0.5, 0.6) is 0 Å². The van der Waals surface area contributed by atoms with Gasteiger partial charge in [0.15, 0.2) is 0 Å². The number of amides is 1. The van der Waals surface area contributed by atoms with E-state index in [0.29, 0.717) is 24.4 Å². The molecule has 1 fully saturated rings. The predicted molar refractivity (Wildman–Crippen MR) is 82.7 cm³/mol. The average molecular weight is 319 g/mol. The molecule has 1 amide bonds. The average Bonchev–Trinajstić information content (AvgIpc) is 2.79. The number of rotatable bonds is 2. The smallest absolute Gasteiger partial charge is 0.410 e. The Balaban J connectivity index is 1.74. The molecule has 1 saturated heterocycles. The third-order valence-electron chi connectivity index (χ3n) is 3.74. The van der Waals surface area contributed by atoms with Crippen molar-refractivity contribution >= 4 is 11.8 Å². The first-order chi connectivity index (χ1) is 10.8. The number of carbonyl (C=O) groups excluding carboxylic acids is 1. The second-order valence-corrected chi connectivity index (χ2v) is 6.71. The van der Waals surface area contributed by atoms with Gasteiger partial charge >= 0.3 is 6.09 Å². The Labute approximate surface area is 134 Å². The Bertz CT molecular complexity index is 626. The van der Waals surface area contributed by atoms with Crippen LogP contribution < -0.4 is 5.48 Å². The van der Waals surface area contributed by atoms with Crippen molar-refractivity contribution in [1.82, 2.24) is 15.4 Å². The summed E-state index contributed by atoms with van der Waals surface area (Å²) in [5.41, 5.74) is 3.34. The van der Waals surface area contributed by atoms with Crippen molar-refractivity contribution in [3.8, 4) is 0 Å². The molecule has 2 unspecified atom stereocenters. The summed E-state index contributed by atoms with van der Waals surface area (Å²) < 4.78 is 5.35. The predicted octanol–water partition coefficient (Wildman–Crippen LogP) is 1.66. The molecule has 3 rings (SSSR count). The molecule has 0 aromatic carbocycles. The van der Waals surface area contributed by atoms with Crippen LogP contribution in [0.15, 0.2) is 30.5 Å². The molecule has 0 spiro atoms. The maximum atomic E-state index is 12.2. The fraction of sp³-hybridized carbons (Fsp3) is 0.500. The summed E-state index contributed by atoms with van der Waals surface area (Å²) in [4.78, 5) is 23.2. The fourth-order valence-electron chi connectivity index (χ4n) is 2.57. The number of aromatic nitrogens is 1. The summed E-state index contributed by atoms with van der Waals surface area (Å²) >= 11 is 0. The van der Waals surface area contributed by atoms with E-state index in [4.69, 9.17) is 9.57 Å². The van der Waals surface area contributed by atoms with Gasteiger partial charge in [-0.1, -0.05) is 6.07 Å². The molecule has 7 heteroatoms. The summed E-state index contributed by atoms with van der Waals surface area (Å²) in [5.74, 6) is -1.60. The maximum absolute atomic E-state index is 12.2. The largest absolute Gasteiger partial charge is 0.444 e. The minimum Gasteiger partial charge on any atom is -0.444 e. The van der Waals surface area contributed by atoms with Crippen molar-refractivity contribution in [3.63, 3.8) is 0 Å². The van der Waals surface area contributed by atoms with Gasteiger partial charge in [-0.3, -0.25) is 15.4 Å². The second kappa shape index (κ2) is 5.50. The fourth-order valence-corrected chi connectivity index (χ4v) is 2.57. The normalized spacial score (nSPS) is 27.0. The lowest BCUT2D eigenvalue weighted by Crippen LogP contribution is -2.63. The number of hydrogen-bond donors (Lipinski definition) is 2. The van der Waals surface area contributed by atoms with Gasteiger partial charge < -0.3 is 9.84 Å². The van der Waals surface area contributed by atoms with E-state index in [9.17, 15) is 9.90 Å². The lowest BCUT2D eigenvalue weighted by Gasteiger charge is -2.46. The zero-order valence-corrected chi connectivity index (χ0v) is 13.4. The highest BCUT2D eigenvalue weighted by Gasteiger charge is 2.51. The van der Waals surface area contributed by atoms with E-state index in [-0.39, 0.29) is 0 Å². The van der Waals surface area contributed by atoms with E-state index in [0.717, 1.165) is 0 Å². The molecule has 0 saturated carbocycles. The van der Waals surface area contributed by atoms with Gasteiger partial charge in [0.25, 0.3) is 0 Å². The van der Waals surface area contributed by atoms with E-state index in [1.54, 1.807) is 39.1 Å². The molecule has 0 radical (unpaired) electrons. The first-order valence-corrected chi connectivity index (χ1v) is 7.59. The summed E-state index contributed by atoms with van der Waals surface area (Å²) in [6.45, 7) is 5.95. The molecule has 2 N–H and O–H groups in total. The number of nitrogens with one attached hydrogen (secondary N) is 1. The second-order valence-electron chi connectivity index (χ2n) is 6.71. The van der Waals surface area contributed by atoms with Gasteiger partial charge in [-0.15, -0.1) is 0 Å². The van der Waals surface area contributed by atoms with E-state index >= 15 is 0 Å². The SMILES string of the molecule is CC(C)(C)OC(=O)N1CCC1C1(O)C=C(c2ccccn2)NO1. The van der Waals surface area contributed by atoms with Gasteiger partial charge in [-0.05, 0) is 39.3 Å². The Morgan fingerprint density at radius 2 is 2.30 bits per heavy atom. The van der Waals surface area contributed by atoms with Crippen LogP contribution in [0.3, 0.4) is 0 Å². The van der Waals surface area contributed by atoms with Crippen LogP contribution in [0.25, 0.3) is 5.70 Å². The van der Waals surface area contributed by atoms with Gasteiger partial charge in [0, 0.05) is 18.8 Å². The van der Waals surface area contributed by atoms with Gasteiger partial charge in [-0.2, -0.15) is 0 Å². The molecule has 2 aliphatic heterocycles. The highest BCUT2D eigenvalue weighted by molar-refractivity contribution is 5.70. The van der Waals surface area contributed by atoms with Crippen molar-refractivity contribution in [2.45, 2.75) is 44.6 Å². The molecule has 7 nitrogen and oxygen atoms in total. The lowest BCUT2D eigenvalue weighted by molar-refractivity contribution is -0.232. The summed E-state index contributed by atoms with van der Waals surface area (Å²) in [6, 6.07) is 4.97. The molecule has 1 aromatic heterocycles. The van der Waals surface area contributed by atoms with Gasteiger partial charge in [0.2, 0.25) is 5.79 Å². The lowest BCUT2D eigenvalue weighted by atomic mass is 9.94. The number of hydrogen-bond acceptors (Lipinski definition) is 6. The monoisotopic (exact) mass is 319 g/mol. The van der Waals surface area contributed by atoms with Crippen molar-refractivity contribution in [2.75, 3.05) is 6.54 Å². The van der Waals surface area contributed by atoms with E-state index in [1.807, 2.05) is 12.1 Å². The van der Waals surface area contributed by atoms with Gasteiger partial charge in [0.05, 0.1) is 17.4 Å². The van der Waals surface area contributed by atoms with Gasteiger partial charge in [-0.25, -0.2) is 9.63 Å². The van der Waals surface area contributed by atoms with Crippen LogP contribution in [-0.4, -0.2) is 45.1 Å². The molecular weight excluding hydrogens is 298 g/mol. The van der Waals surface area contributed by atoms with Crippen LogP contribution in [-0.2, 0) is 9.57 Å².